The Kier molecular flexibility index (Phi) is 4.75. The van der Waals surface area contributed by atoms with Crippen molar-refractivity contribution in [3.05, 3.63) is 64.0 Å². The lowest BCUT2D eigenvalue weighted by molar-refractivity contribution is 0.0934. The molecule has 0 aromatic carbocycles. The molecule has 5 nitrogen and oxygen atoms in total. The number of nitrogens with one attached hydrogen (secondary N) is 1. The van der Waals surface area contributed by atoms with E-state index in [1.807, 2.05) is 36.6 Å². The van der Waals surface area contributed by atoms with Crippen molar-refractivity contribution >= 4 is 17.2 Å². The highest BCUT2D eigenvalue weighted by molar-refractivity contribution is 7.10. The molecule has 26 heavy (non-hydrogen) atoms. The lowest BCUT2D eigenvalue weighted by atomic mass is 9.96. The van der Waals surface area contributed by atoms with Crippen molar-refractivity contribution in [2.24, 2.45) is 0 Å². The molecule has 132 valence electrons. The molecular weight excluding hydrogens is 344 g/mol. The molecule has 0 unspecified atom stereocenters. The number of amides is 1. The predicted molar refractivity (Wildman–Crippen MR) is 102 cm³/mol. The normalized spacial score (nSPS) is 14.5. The summed E-state index contributed by atoms with van der Waals surface area (Å²) in [5.74, 6) is -0.149. The minimum absolute atomic E-state index is 0.149. The molecule has 1 amide bonds. The summed E-state index contributed by atoms with van der Waals surface area (Å²) in [6, 6.07) is 7.57. The van der Waals surface area contributed by atoms with Crippen LogP contribution in [0.1, 0.15) is 52.6 Å². The van der Waals surface area contributed by atoms with Crippen LogP contribution in [-0.2, 0) is 12.8 Å². The quantitative estimate of drug-likeness (QED) is 0.761. The minimum Gasteiger partial charge on any atom is -0.342 e. The largest absolute Gasteiger partial charge is 0.342 e. The van der Waals surface area contributed by atoms with Gasteiger partial charge in [0.05, 0.1) is 11.7 Å². The third-order valence-electron chi connectivity index (χ3n) is 4.61. The Balaban J connectivity index is 1.47. The first-order chi connectivity index (χ1) is 12.7. The van der Waals surface area contributed by atoms with Gasteiger partial charge in [0, 0.05) is 29.0 Å². The van der Waals surface area contributed by atoms with Crippen molar-refractivity contribution in [3.63, 3.8) is 0 Å². The molecule has 0 fully saturated rings. The van der Waals surface area contributed by atoms with E-state index in [1.54, 1.807) is 12.4 Å². The second-order valence-corrected chi connectivity index (χ2v) is 7.41. The summed E-state index contributed by atoms with van der Waals surface area (Å²) in [5.41, 5.74) is 4.70. The monoisotopic (exact) mass is 364 g/mol. The van der Waals surface area contributed by atoms with Crippen LogP contribution in [-0.4, -0.2) is 20.9 Å². The van der Waals surface area contributed by atoms with Gasteiger partial charge < -0.3 is 5.32 Å². The summed E-state index contributed by atoms with van der Waals surface area (Å²) in [4.78, 5) is 25.9. The number of hydrogen-bond acceptors (Lipinski definition) is 5. The van der Waals surface area contributed by atoms with Gasteiger partial charge in [-0.25, -0.2) is 9.97 Å². The van der Waals surface area contributed by atoms with Crippen LogP contribution < -0.4 is 5.32 Å². The van der Waals surface area contributed by atoms with Crippen molar-refractivity contribution < 1.29 is 4.79 Å². The number of carbonyl (C=O) groups is 1. The molecule has 1 aliphatic rings. The highest BCUT2D eigenvalue weighted by Gasteiger charge is 2.18. The van der Waals surface area contributed by atoms with Crippen LogP contribution in [0.25, 0.3) is 11.3 Å². The molecule has 0 radical (unpaired) electrons. The van der Waals surface area contributed by atoms with Crippen LogP contribution in [0.5, 0.6) is 0 Å². The molecule has 1 atom stereocenters. The highest BCUT2D eigenvalue weighted by Crippen LogP contribution is 2.25. The van der Waals surface area contributed by atoms with Gasteiger partial charge in [0.1, 0.15) is 10.7 Å². The number of aromatic nitrogens is 3. The van der Waals surface area contributed by atoms with E-state index < -0.39 is 0 Å². The maximum atomic E-state index is 12.6. The Morgan fingerprint density at radius 1 is 1.19 bits per heavy atom. The summed E-state index contributed by atoms with van der Waals surface area (Å²) in [7, 11) is 0. The van der Waals surface area contributed by atoms with Gasteiger partial charge in [-0.3, -0.25) is 9.78 Å². The van der Waals surface area contributed by atoms with Gasteiger partial charge in [-0.1, -0.05) is 6.07 Å². The minimum atomic E-state index is -0.171. The Morgan fingerprint density at radius 3 is 2.92 bits per heavy atom. The van der Waals surface area contributed by atoms with Gasteiger partial charge in [-0.2, -0.15) is 0 Å². The van der Waals surface area contributed by atoms with E-state index in [4.69, 9.17) is 0 Å². The third kappa shape index (κ3) is 3.51. The number of hydrogen-bond donors (Lipinski definition) is 1. The number of thiazole rings is 1. The van der Waals surface area contributed by atoms with Crippen molar-refractivity contribution in [1.29, 1.82) is 0 Å². The fraction of sp³-hybridized carbons (Fsp3) is 0.300. The Labute approximate surface area is 156 Å². The average Bonchev–Trinajstić information content (AvgIpc) is 3.18. The summed E-state index contributed by atoms with van der Waals surface area (Å²) < 4.78 is 0. The summed E-state index contributed by atoms with van der Waals surface area (Å²) in [5, 5.41) is 5.88. The number of nitrogens with zero attached hydrogens (tertiary/aromatic N) is 3. The lowest BCUT2D eigenvalue weighted by Crippen LogP contribution is -2.28. The molecule has 1 aliphatic carbocycles. The van der Waals surface area contributed by atoms with Gasteiger partial charge in [0.2, 0.25) is 0 Å². The van der Waals surface area contributed by atoms with Crippen molar-refractivity contribution in [1.82, 2.24) is 20.3 Å². The van der Waals surface area contributed by atoms with E-state index in [0.717, 1.165) is 41.2 Å². The van der Waals surface area contributed by atoms with Gasteiger partial charge in [-0.05, 0) is 56.4 Å². The number of rotatable bonds is 4. The van der Waals surface area contributed by atoms with Gasteiger partial charge >= 0.3 is 0 Å². The second kappa shape index (κ2) is 7.33. The van der Waals surface area contributed by atoms with Crippen LogP contribution in [0.15, 0.2) is 42.0 Å². The first kappa shape index (κ1) is 16.8. The zero-order valence-electron chi connectivity index (χ0n) is 14.6. The zero-order valence-corrected chi connectivity index (χ0v) is 15.4. The standard InChI is InChI=1S/C20H20N4OS/c1-13(20-24-18(12-26-20)15-6-4-10-21-11-15)22-19(25)17-9-8-14-5-2-3-7-16(14)23-17/h4,6,8-13H,2-3,5,7H2,1H3,(H,22,25)/t13-/m0/s1. The topological polar surface area (TPSA) is 67.8 Å². The van der Waals surface area contributed by atoms with E-state index in [1.165, 1.54) is 23.3 Å². The second-order valence-electron chi connectivity index (χ2n) is 6.52. The third-order valence-corrected chi connectivity index (χ3v) is 5.64. The Hall–Kier alpha value is -2.60. The first-order valence-corrected chi connectivity index (χ1v) is 9.74. The predicted octanol–water partition coefficient (Wildman–Crippen LogP) is 3.97. The highest BCUT2D eigenvalue weighted by atomic mass is 32.1. The number of carbonyl (C=O) groups excluding carboxylic acids is 1. The molecule has 0 aliphatic heterocycles. The van der Waals surface area contributed by atoms with Gasteiger partial charge in [0.25, 0.3) is 5.91 Å². The van der Waals surface area contributed by atoms with Crippen LogP contribution in [0.2, 0.25) is 0 Å². The maximum absolute atomic E-state index is 12.6. The molecule has 0 saturated carbocycles. The van der Waals surface area contributed by atoms with Crippen molar-refractivity contribution in [3.8, 4) is 11.3 Å². The smallest absolute Gasteiger partial charge is 0.270 e. The average molecular weight is 364 g/mol. The molecule has 3 heterocycles. The fourth-order valence-electron chi connectivity index (χ4n) is 3.17. The van der Waals surface area contributed by atoms with E-state index in [9.17, 15) is 4.79 Å². The molecule has 4 rings (SSSR count). The van der Waals surface area contributed by atoms with E-state index >= 15 is 0 Å². The van der Waals surface area contributed by atoms with Crippen LogP contribution in [0, 0.1) is 0 Å². The van der Waals surface area contributed by atoms with Crippen LogP contribution in [0.4, 0.5) is 0 Å². The van der Waals surface area contributed by atoms with Crippen LogP contribution in [0.3, 0.4) is 0 Å². The Morgan fingerprint density at radius 2 is 2.08 bits per heavy atom. The number of pyridine rings is 2. The Bertz CT molecular complexity index is 923. The molecule has 3 aromatic rings. The summed E-state index contributed by atoms with van der Waals surface area (Å²) in [6.07, 6.45) is 7.92. The molecular formula is C20H20N4OS. The van der Waals surface area contributed by atoms with Gasteiger partial charge in [0.15, 0.2) is 0 Å². The van der Waals surface area contributed by atoms with E-state index in [0.29, 0.717) is 5.69 Å². The van der Waals surface area contributed by atoms with E-state index in [2.05, 4.69) is 20.3 Å². The molecule has 6 heteroatoms. The number of fused-ring (bicyclic) bond motifs is 1. The molecule has 0 bridgehead atoms. The molecule has 3 aromatic heterocycles. The number of aryl methyl sites for hydroxylation is 2. The van der Waals surface area contributed by atoms with Crippen molar-refractivity contribution in [2.75, 3.05) is 0 Å². The molecule has 1 N–H and O–H groups in total. The van der Waals surface area contributed by atoms with Gasteiger partial charge in [-0.15, -0.1) is 11.3 Å². The van der Waals surface area contributed by atoms with Crippen LogP contribution >= 0.6 is 11.3 Å². The molecule has 0 saturated heterocycles. The SMILES string of the molecule is C[C@H](NC(=O)c1ccc2c(n1)CCCC2)c1nc(-c2cccnc2)cs1. The first-order valence-electron chi connectivity index (χ1n) is 8.86. The van der Waals surface area contributed by atoms with Crippen molar-refractivity contribution in [2.45, 2.75) is 38.6 Å². The lowest BCUT2D eigenvalue weighted by Gasteiger charge is -2.16. The van der Waals surface area contributed by atoms with E-state index in [-0.39, 0.29) is 11.9 Å². The zero-order chi connectivity index (χ0) is 17.9. The fourth-order valence-corrected chi connectivity index (χ4v) is 4.01. The summed E-state index contributed by atoms with van der Waals surface area (Å²) >= 11 is 1.54. The maximum Gasteiger partial charge on any atom is 0.270 e. The molecule has 0 spiro atoms. The summed E-state index contributed by atoms with van der Waals surface area (Å²) in [6.45, 7) is 1.95.